The summed E-state index contributed by atoms with van der Waals surface area (Å²) < 4.78 is 6.78. The van der Waals surface area contributed by atoms with Gasteiger partial charge in [-0.25, -0.2) is 4.79 Å². The van der Waals surface area contributed by atoms with Crippen LogP contribution >= 0.6 is 0 Å². The van der Waals surface area contributed by atoms with Crippen molar-refractivity contribution < 1.29 is 14.9 Å². The molecule has 0 unspecified atom stereocenters. The van der Waals surface area contributed by atoms with E-state index in [2.05, 4.69) is 4.98 Å². The van der Waals surface area contributed by atoms with Gasteiger partial charge in [-0.05, 0) is 19.9 Å². The van der Waals surface area contributed by atoms with Crippen molar-refractivity contribution in [2.45, 2.75) is 37.7 Å². The van der Waals surface area contributed by atoms with Crippen molar-refractivity contribution in [3.63, 3.8) is 0 Å². The predicted octanol–water partition coefficient (Wildman–Crippen LogP) is -0.754. The number of aliphatic hydroxyl groups is 2. The summed E-state index contributed by atoms with van der Waals surface area (Å²) in [6.45, 7) is 3.00. The largest absolute Gasteiger partial charge is 0.393 e. The third kappa shape index (κ3) is 2.12. The Hall–Kier alpha value is -1.44. The lowest BCUT2D eigenvalue weighted by atomic mass is 9.93. The first-order chi connectivity index (χ1) is 8.27. The molecule has 100 valence electrons. The molecular weight excluding hydrogens is 238 g/mol. The van der Waals surface area contributed by atoms with E-state index >= 15 is 0 Å². The molecule has 0 spiro atoms. The maximum absolute atomic E-state index is 11.7. The highest BCUT2D eigenvalue weighted by atomic mass is 16.6. The molecule has 1 fully saturated rings. The number of anilines is 1. The second kappa shape index (κ2) is 4.04. The van der Waals surface area contributed by atoms with Crippen LogP contribution in [0.4, 0.5) is 5.82 Å². The minimum atomic E-state index is -1.26. The van der Waals surface area contributed by atoms with Crippen LogP contribution in [-0.2, 0) is 4.74 Å². The average Bonchev–Trinajstić information content (AvgIpc) is 2.50. The third-order valence-corrected chi connectivity index (χ3v) is 3.10. The lowest BCUT2D eigenvalue weighted by Gasteiger charge is -2.25. The quantitative estimate of drug-likeness (QED) is 0.641. The Morgan fingerprint density at radius 1 is 1.67 bits per heavy atom. The Labute approximate surface area is 104 Å². The lowest BCUT2D eigenvalue weighted by Crippen LogP contribution is -2.38. The van der Waals surface area contributed by atoms with E-state index in [9.17, 15) is 15.0 Å². The molecule has 0 saturated carbocycles. The van der Waals surface area contributed by atoms with Crippen molar-refractivity contribution in [3.05, 3.63) is 22.7 Å². The van der Waals surface area contributed by atoms with Crippen LogP contribution in [-0.4, -0.2) is 37.6 Å². The Bertz CT molecular complexity index is 513. The number of rotatable bonds is 2. The van der Waals surface area contributed by atoms with Gasteiger partial charge in [-0.3, -0.25) is 4.57 Å². The molecule has 18 heavy (non-hydrogen) atoms. The van der Waals surface area contributed by atoms with Gasteiger partial charge >= 0.3 is 5.69 Å². The van der Waals surface area contributed by atoms with E-state index in [-0.39, 0.29) is 18.8 Å². The van der Waals surface area contributed by atoms with Crippen LogP contribution in [0.2, 0.25) is 0 Å². The molecule has 1 aromatic heterocycles. The molecule has 7 nitrogen and oxygen atoms in total. The Balaban J connectivity index is 2.42. The van der Waals surface area contributed by atoms with Crippen LogP contribution in [0.3, 0.4) is 0 Å². The number of hydrogen-bond donors (Lipinski definition) is 3. The van der Waals surface area contributed by atoms with Crippen LogP contribution in [0.15, 0.2) is 17.1 Å². The standard InChI is InChI=1S/C11H17N3O4/c1-10(6-15)5-11(2,17)8(18-10)14-4-3-7(12)13-9(14)16/h3-4,8,15,17H,5-6H2,1-2H3,(H2,12,13,16)/t8-,10+,11-/m1/s1. The van der Waals surface area contributed by atoms with Crippen molar-refractivity contribution in [2.75, 3.05) is 12.3 Å². The first kappa shape index (κ1) is 13.0. The molecule has 1 aliphatic rings. The Morgan fingerprint density at radius 3 is 2.83 bits per heavy atom. The highest BCUT2D eigenvalue weighted by Crippen LogP contribution is 2.42. The van der Waals surface area contributed by atoms with Crippen LogP contribution < -0.4 is 11.4 Å². The highest BCUT2D eigenvalue weighted by molar-refractivity contribution is 5.23. The van der Waals surface area contributed by atoms with E-state index in [1.165, 1.54) is 16.8 Å². The average molecular weight is 255 g/mol. The van der Waals surface area contributed by atoms with Gasteiger partial charge < -0.3 is 20.7 Å². The molecule has 3 atom stereocenters. The van der Waals surface area contributed by atoms with Gasteiger partial charge in [0, 0.05) is 12.6 Å². The van der Waals surface area contributed by atoms with E-state index in [1.54, 1.807) is 13.8 Å². The maximum Gasteiger partial charge on any atom is 0.351 e. The summed E-state index contributed by atoms with van der Waals surface area (Å²) in [5.74, 6) is 0.110. The minimum Gasteiger partial charge on any atom is -0.393 e. The van der Waals surface area contributed by atoms with Gasteiger partial charge in [-0.15, -0.1) is 0 Å². The highest BCUT2D eigenvalue weighted by Gasteiger charge is 2.51. The molecule has 0 aliphatic carbocycles. The molecule has 0 radical (unpaired) electrons. The SMILES string of the molecule is C[C@@]1(CO)C[C@@](C)(O)[C@H](n2ccc(N)nc2=O)O1. The van der Waals surface area contributed by atoms with Crippen LogP contribution in [0.5, 0.6) is 0 Å². The third-order valence-electron chi connectivity index (χ3n) is 3.10. The molecule has 1 aliphatic heterocycles. The normalized spacial score (nSPS) is 35.9. The van der Waals surface area contributed by atoms with Gasteiger partial charge in [0.2, 0.25) is 0 Å². The van der Waals surface area contributed by atoms with Crippen molar-refractivity contribution >= 4 is 5.82 Å². The Morgan fingerprint density at radius 2 is 2.33 bits per heavy atom. The first-order valence-electron chi connectivity index (χ1n) is 5.63. The van der Waals surface area contributed by atoms with Gasteiger partial charge in [0.05, 0.1) is 12.2 Å². The van der Waals surface area contributed by atoms with E-state index in [0.29, 0.717) is 0 Å². The second-order valence-corrected chi connectivity index (χ2v) is 5.15. The van der Waals surface area contributed by atoms with E-state index in [4.69, 9.17) is 10.5 Å². The molecular formula is C11H17N3O4. The van der Waals surface area contributed by atoms with E-state index in [0.717, 1.165) is 0 Å². The molecule has 7 heteroatoms. The lowest BCUT2D eigenvalue weighted by molar-refractivity contribution is -0.120. The van der Waals surface area contributed by atoms with Gasteiger partial charge in [-0.2, -0.15) is 4.98 Å². The van der Waals surface area contributed by atoms with Crippen LogP contribution in [0.25, 0.3) is 0 Å². The maximum atomic E-state index is 11.7. The molecule has 0 bridgehead atoms. The monoisotopic (exact) mass is 255 g/mol. The van der Waals surface area contributed by atoms with E-state index in [1.807, 2.05) is 0 Å². The summed E-state index contributed by atoms with van der Waals surface area (Å²) in [6.07, 6.45) is 0.750. The number of nitrogens with zero attached hydrogens (tertiary/aromatic N) is 2. The van der Waals surface area contributed by atoms with Crippen molar-refractivity contribution in [1.29, 1.82) is 0 Å². The number of aromatic nitrogens is 2. The fraction of sp³-hybridized carbons (Fsp3) is 0.636. The number of ether oxygens (including phenoxy) is 1. The first-order valence-corrected chi connectivity index (χ1v) is 5.63. The van der Waals surface area contributed by atoms with E-state index < -0.39 is 23.1 Å². The zero-order valence-corrected chi connectivity index (χ0v) is 10.3. The molecule has 0 amide bonds. The molecule has 2 rings (SSSR count). The van der Waals surface area contributed by atoms with Crippen LogP contribution in [0.1, 0.15) is 26.5 Å². The predicted molar refractivity (Wildman–Crippen MR) is 63.8 cm³/mol. The van der Waals surface area contributed by atoms with Gasteiger partial charge in [0.25, 0.3) is 0 Å². The zero-order valence-electron chi connectivity index (χ0n) is 10.3. The fourth-order valence-corrected chi connectivity index (χ4v) is 2.34. The van der Waals surface area contributed by atoms with Gasteiger partial charge in [0.1, 0.15) is 11.4 Å². The summed E-state index contributed by atoms with van der Waals surface area (Å²) in [5.41, 5.74) is 2.67. The van der Waals surface area contributed by atoms with Gasteiger partial charge in [-0.1, -0.05) is 0 Å². The minimum absolute atomic E-state index is 0.110. The van der Waals surface area contributed by atoms with Crippen molar-refractivity contribution in [3.8, 4) is 0 Å². The summed E-state index contributed by atoms with van der Waals surface area (Å²) in [4.78, 5) is 15.3. The summed E-state index contributed by atoms with van der Waals surface area (Å²) in [5, 5.41) is 19.6. The smallest absolute Gasteiger partial charge is 0.351 e. The Kier molecular flexibility index (Phi) is 2.92. The topological polar surface area (TPSA) is 111 Å². The number of nitrogens with two attached hydrogens (primary N) is 1. The molecule has 1 saturated heterocycles. The molecule has 2 heterocycles. The number of hydrogen-bond acceptors (Lipinski definition) is 6. The van der Waals surface area contributed by atoms with Gasteiger partial charge in [0.15, 0.2) is 6.23 Å². The number of nitrogen functional groups attached to an aromatic ring is 1. The van der Waals surface area contributed by atoms with Crippen molar-refractivity contribution in [2.24, 2.45) is 0 Å². The molecule has 4 N–H and O–H groups in total. The summed E-state index contributed by atoms with van der Waals surface area (Å²) in [6, 6.07) is 1.45. The zero-order chi connectivity index (χ0) is 13.6. The summed E-state index contributed by atoms with van der Waals surface area (Å²) in [7, 11) is 0. The summed E-state index contributed by atoms with van der Waals surface area (Å²) >= 11 is 0. The van der Waals surface area contributed by atoms with Crippen molar-refractivity contribution in [1.82, 2.24) is 9.55 Å². The van der Waals surface area contributed by atoms with Crippen LogP contribution in [0, 0.1) is 0 Å². The second-order valence-electron chi connectivity index (χ2n) is 5.15. The number of aliphatic hydroxyl groups excluding tert-OH is 1. The molecule has 1 aromatic rings. The fourth-order valence-electron chi connectivity index (χ4n) is 2.34. The molecule has 0 aromatic carbocycles.